The zero-order valence-electron chi connectivity index (χ0n) is 10.0. The summed E-state index contributed by atoms with van der Waals surface area (Å²) in [5, 5.41) is 2.77. The molecule has 1 fully saturated rings. The van der Waals surface area contributed by atoms with Crippen molar-refractivity contribution in [2.24, 2.45) is 5.73 Å². The second-order valence-electron chi connectivity index (χ2n) is 4.52. The molecule has 4 nitrogen and oxygen atoms in total. The summed E-state index contributed by atoms with van der Waals surface area (Å²) >= 11 is 0. The first-order valence-corrected chi connectivity index (χ1v) is 5.71. The summed E-state index contributed by atoms with van der Waals surface area (Å²) in [5.74, 6) is -0.0859. The molecule has 2 rings (SSSR count). The topological polar surface area (TPSA) is 72.2 Å². The Bertz CT molecular complexity index is 490. The number of amides is 2. The van der Waals surface area contributed by atoms with Crippen LogP contribution in [-0.2, 0) is 4.79 Å². The van der Waals surface area contributed by atoms with Gasteiger partial charge in [-0.2, -0.15) is 0 Å². The number of nitrogens with one attached hydrogen (secondary N) is 1. The SMILES string of the molecule is CC(=O)Nc1ccc(C(N)=O)c(C2CC2)c1C. The second-order valence-corrected chi connectivity index (χ2v) is 4.52. The van der Waals surface area contributed by atoms with Crippen molar-refractivity contribution in [2.45, 2.75) is 32.6 Å². The molecule has 0 aromatic heterocycles. The molecule has 0 aliphatic heterocycles. The molecule has 1 aliphatic rings. The summed E-state index contributed by atoms with van der Waals surface area (Å²) < 4.78 is 0. The molecular weight excluding hydrogens is 216 g/mol. The van der Waals surface area contributed by atoms with Crippen LogP contribution in [0.15, 0.2) is 12.1 Å². The highest BCUT2D eigenvalue weighted by Crippen LogP contribution is 2.44. The Hall–Kier alpha value is -1.84. The number of nitrogens with two attached hydrogens (primary N) is 1. The molecule has 0 saturated heterocycles. The van der Waals surface area contributed by atoms with Gasteiger partial charge in [-0.3, -0.25) is 9.59 Å². The molecular formula is C13H16N2O2. The predicted molar refractivity (Wildman–Crippen MR) is 66.0 cm³/mol. The number of hydrogen-bond donors (Lipinski definition) is 2. The van der Waals surface area contributed by atoms with Gasteiger partial charge in [0.1, 0.15) is 0 Å². The molecule has 1 aromatic rings. The maximum atomic E-state index is 11.4. The van der Waals surface area contributed by atoms with E-state index < -0.39 is 5.91 Å². The molecule has 0 unspecified atom stereocenters. The lowest BCUT2D eigenvalue weighted by Crippen LogP contribution is -2.16. The highest BCUT2D eigenvalue weighted by atomic mass is 16.1. The van der Waals surface area contributed by atoms with Crippen molar-refractivity contribution in [1.29, 1.82) is 0 Å². The van der Waals surface area contributed by atoms with E-state index in [4.69, 9.17) is 5.73 Å². The van der Waals surface area contributed by atoms with Gasteiger partial charge in [0.15, 0.2) is 0 Å². The third-order valence-electron chi connectivity index (χ3n) is 3.08. The van der Waals surface area contributed by atoms with Gasteiger partial charge in [-0.25, -0.2) is 0 Å². The van der Waals surface area contributed by atoms with E-state index in [1.807, 2.05) is 6.92 Å². The smallest absolute Gasteiger partial charge is 0.248 e. The molecule has 0 bridgehead atoms. The average molecular weight is 232 g/mol. The maximum absolute atomic E-state index is 11.4. The molecule has 1 aromatic carbocycles. The van der Waals surface area contributed by atoms with Crippen LogP contribution in [-0.4, -0.2) is 11.8 Å². The number of anilines is 1. The Morgan fingerprint density at radius 1 is 1.35 bits per heavy atom. The van der Waals surface area contributed by atoms with Crippen molar-refractivity contribution in [1.82, 2.24) is 0 Å². The van der Waals surface area contributed by atoms with Crippen LogP contribution in [0.5, 0.6) is 0 Å². The number of rotatable bonds is 3. The van der Waals surface area contributed by atoms with Crippen molar-refractivity contribution in [2.75, 3.05) is 5.32 Å². The van der Waals surface area contributed by atoms with E-state index >= 15 is 0 Å². The van der Waals surface area contributed by atoms with Crippen LogP contribution in [0.4, 0.5) is 5.69 Å². The van der Waals surface area contributed by atoms with Gasteiger partial charge in [-0.05, 0) is 48.9 Å². The highest BCUT2D eigenvalue weighted by molar-refractivity contribution is 5.97. The summed E-state index contributed by atoms with van der Waals surface area (Å²) in [6.07, 6.45) is 2.18. The highest BCUT2D eigenvalue weighted by Gasteiger charge is 2.30. The lowest BCUT2D eigenvalue weighted by atomic mass is 9.96. The normalized spacial score (nSPS) is 14.5. The fraction of sp³-hybridized carbons (Fsp3) is 0.385. The predicted octanol–water partition coefficient (Wildman–Crippen LogP) is 1.93. The zero-order valence-corrected chi connectivity index (χ0v) is 10.0. The van der Waals surface area contributed by atoms with Crippen LogP contribution in [0.25, 0.3) is 0 Å². The van der Waals surface area contributed by atoms with Crippen molar-refractivity contribution >= 4 is 17.5 Å². The molecule has 17 heavy (non-hydrogen) atoms. The molecule has 0 atom stereocenters. The van der Waals surface area contributed by atoms with Gasteiger partial charge in [0.2, 0.25) is 11.8 Å². The molecule has 1 saturated carbocycles. The van der Waals surface area contributed by atoms with E-state index in [0.717, 1.165) is 29.7 Å². The fourth-order valence-corrected chi connectivity index (χ4v) is 2.17. The molecule has 90 valence electrons. The summed E-state index contributed by atoms with van der Waals surface area (Å²) in [6.45, 7) is 3.39. The monoisotopic (exact) mass is 232 g/mol. The Morgan fingerprint density at radius 3 is 2.47 bits per heavy atom. The van der Waals surface area contributed by atoms with Crippen molar-refractivity contribution in [3.05, 3.63) is 28.8 Å². The quantitative estimate of drug-likeness (QED) is 0.835. The molecule has 0 radical (unpaired) electrons. The number of hydrogen-bond acceptors (Lipinski definition) is 2. The van der Waals surface area contributed by atoms with Crippen molar-refractivity contribution in [3.8, 4) is 0 Å². The first kappa shape index (κ1) is 11.6. The minimum Gasteiger partial charge on any atom is -0.366 e. The Balaban J connectivity index is 2.49. The van der Waals surface area contributed by atoms with E-state index in [0.29, 0.717) is 11.5 Å². The standard InChI is InChI=1S/C13H16N2O2/c1-7-11(15-8(2)16)6-5-10(13(14)17)12(7)9-3-4-9/h5-6,9H,3-4H2,1-2H3,(H2,14,17)(H,15,16). The number of benzene rings is 1. The Morgan fingerprint density at radius 2 is 2.00 bits per heavy atom. The van der Waals surface area contributed by atoms with Gasteiger partial charge < -0.3 is 11.1 Å². The van der Waals surface area contributed by atoms with Crippen molar-refractivity contribution < 1.29 is 9.59 Å². The van der Waals surface area contributed by atoms with E-state index in [-0.39, 0.29) is 5.91 Å². The summed E-state index contributed by atoms with van der Waals surface area (Å²) in [6, 6.07) is 3.44. The van der Waals surface area contributed by atoms with E-state index in [1.54, 1.807) is 12.1 Å². The molecule has 3 N–H and O–H groups in total. The number of carbonyl (C=O) groups is 2. The van der Waals surface area contributed by atoms with Gasteiger partial charge in [-0.15, -0.1) is 0 Å². The summed E-state index contributed by atoms with van der Waals surface area (Å²) in [7, 11) is 0. The molecule has 1 aliphatic carbocycles. The van der Waals surface area contributed by atoms with Gasteiger partial charge in [0.05, 0.1) is 0 Å². The van der Waals surface area contributed by atoms with E-state index in [2.05, 4.69) is 5.32 Å². The number of carbonyl (C=O) groups excluding carboxylic acids is 2. The minimum absolute atomic E-state index is 0.110. The maximum Gasteiger partial charge on any atom is 0.248 e. The average Bonchev–Trinajstić information content (AvgIpc) is 3.03. The van der Waals surface area contributed by atoms with Crippen LogP contribution in [0.3, 0.4) is 0 Å². The zero-order chi connectivity index (χ0) is 12.6. The van der Waals surface area contributed by atoms with Crippen LogP contribution >= 0.6 is 0 Å². The lowest BCUT2D eigenvalue weighted by Gasteiger charge is -2.14. The molecule has 0 heterocycles. The molecule has 2 amide bonds. The first-order valence-electron chi connectivity index (χ1n) is 5.71. The van der Waals surface area contributed by atoms with E-state index in [9.17, 15) is 9.59 Å². The summed E-state index contributed by atoms with van der Waals surface area (Å²) in [5.41, 5.74) is 8.69. The third-order valence-corrected chi connectivity index (χ3v) is 3.08. The number of primary amides is 1. The Kier molecular flexibility index (Phi) is 2.88. The van der Waals surface area contributed by atoms with Gasteiger partial charge in [0.25, 0.3) is 0 Å². The van der Waals surface area contributed by atoms with Crippen LogP contribution in [0, 0.1) is 6.92 Å². The van der Waals surface area contributed by atoms with Crippen LogP contribution in [0.2, 0.25) is 0 Å². The summed E-state index contributed by atoms with van der Waals surface area (Å²) in [4.78, 5) is 22.5. The van der Waals surface area contributed by atoms with Crippen LogP contribution < -0.4 is 11.1 Å². The van der Waals surface area contributed by atoms with Gasteiger partial charge in [-0.1, -0.05) is 0 Å². The first-order chi connectivity index (χ1) is 8.00. The van der Waals surface area contributed by atoms with E-state index in [1.165, 1.54) is 6.92 Å². The van der Waals surface area contributed by atoms with Gasteiger partial charge >= 0.3 is 0 Å². The molecule has 0 spiro atoms. The fourth-order valence-electron chi connectivity index (χ4n) is 2.17. The Labute approximate surface area is 100 Å². The van der Waals surface area contributed by atoms with Crippen molar-refractivity contribution in [3.63, 3.8) is 0 Å². The van der Waals surface area contributed by atoms with Crippen LogP contribution in [0.1, 0.15) is 47.2 Å². The second kappa shape index (κ2) is 4.20. The largest absolute Gasteiger partial charge is 0.366 e. The minimum atomic E-state index is -0.399. The molecule has 4 heteroatoms. The lowest BCUT2D eigenvalue weighted by molar-refractivity contribution is -0.114. The third kappa shape index (κ3) is 2.30. The van der Waals surface area contributed by atoms with Gasteiger partial charge in [0, 0.05) is 18.2 Å².